The predicted octanol–water partition coefficient (Wildman–Crippen LogP) is 3.03. The second-order valence-corrected chi connectivity index (χ2v) is 5.50. The van der Waals surface area contributed by atoms with Crippen LogP contribution in [0.4, 0.5) is 5.69 Å². The van der Waals surface area contributed by atoms with Crippen LogP contribution in [0.5, 0.6) is 0 Å². The van der Waals surface area contributed by atoms with Gasteiger partial charge in [-0.3, -0.25) is 14.9 Å². The van der Waals surface area contributed by atoms with E-state index in [1.807, 2.05) is 6.92 Å². The number of nitrogens with zero attached hydrogens (tertiary/aromatic N) is 1. The second-order valence-electron chi connectivity index (χ2n) is 5.50. The number of rotatable bonds is 4. The van der Waals surface area contributed by atoms with Gasteiger partial charge in [-0.05, 0) is 31.6 Å². The van der Waals surface area contributed by atoms with E-state index in [1.54, 1.807) is 18.2 Å². The molecule has 1 fully saturated rings. The van der Waals surface area contributed by atoms with Gasteiger partial charge in [-0.15, -0.1) is 0 Å². The van der Waals surface area contributed by atoms with Gasteiger partial charge in [0, 0.05) is 11.6 Å². The van der Waals surface area contributed by atoms with E-state index in [4.69, 9.17) is 0 Å². The first kappa shape index (κ1) is 13.5. The quantitative estimate of drug-likeness (QED) is 0.668. The van der Waals surface area contributed by atoms with Crippen molar-refractivity contribution in [3.8, 4) is 0 Å². The lowest BCUT2D eigenvalue weighted by atomic mass is 9.79. The minimum absolute atomic E-state index is 0.0164. The van der Waals surface area contributed by atoms with Crippen molar-refractivity contribution in [3.05, 3.63) is 39.9 Å². The molecule has 2 atom stereocenters. The Morgan fingerprint density at radius 2 is 2.21 bits per heavy atom. The molecule has 2 rings (SSSR count). The van der Waals surface area contributed by atoms with Crippen LogP contribution in [0.1, 0.15) is 31.7 Å². The standard InChI is InChI=1S/C14H17NO4/c1-10-6-7-14(8-10,13(16)17)9-11-4-2-3-5-12(11)15(18)19/h2-5,10H,6-9H2,1H3,(H,16,17). The number of hydrogen-bond acceptors (Lipinski definition) is 3. The summed E-state index contributed by atoms with van der Waals surface area (Å²) in [5, 5.41) is 20.5. The van der Waals surface area contributed by atoms with E-state index in [0.717, 1.165) is 6.42 Å². The largest absolute Gasteiger partial charge is 0.481 e. The van der Waals surface area contributed by atoms with E-state index < -0.39 is 16.3 Å². The van der Waals surface area contributed by atoms with Crippen molar-refractivity contribution >= 4 is 11.7 Å². The highest BCUT2D eigenvalue weighted by Crippen LogP contribution is 2.45. The van der Waals surface area contributed by atoms with E-state index >= 15 is 0 Å². The molecule has 0 amide bonds. The Morgan fingerprint density at radius 1 is 1.53 bits per heavy atom. The monoisotopic (exact) mass is 263 g/mol. The molecular formula is C14H17NO4. The maximum absolute atomic E-state index is 11.6. The van der Waals surface area contributed by atoms with Crippen LogP contribution in [-0.2, 0) is 11.2 Å². The zero-order valence-electron chi connectivity index (χ0n) is 10.8. The van der Waals surface area contributed by atoms with Crippen LogP contribution in [0.25, 0.3) is 0 Å². The molecule has 1 saturated carbocycles. The van der Waals surface area contributed by atoms with Gasteiger partial charge in [0.2, 0.25) is 0 Å². The van der Waals surface area contributed by atoms with Gasteiger partial charge in [-0.1, -0.05) is 25.1 Å². The van der Waals surface area contributed by atoms with Crippen LogP contribution in [0.3, 0.4) is 0 Å². The Balaban J connectivity index is 2.33. The third kappa shape index (κ3) is 2.59. The number of nitro groups is 1. The Labute approximate surface area is 111 Å². The van der Waals surface area contributed by atoms with Crippen molar-refractivity contribution in [1.82, 2.24) is 0 Å². The van der Waals surface area contributed by atoms with Crippen LogP contribution in [0, 0.1) is 21.4 Å². The van der Waals surface area contributed by atoms with Gasteiger partial charge in [-0.2, -0.15) is 0 Å². The molecule has 102 valence electrons. The lowest BCUT2D eigenvalue weighted by Crippen LogP contribution is -2.31. The molecule has 0 aromatic heterocycles. The summed E-state index contributed by atoms with van der Waals surface area (Å²) in [6, 6.07) is 6.41. The summed E-state index contributed by atoms with van der Waals surface area (Å²) < 4.78 is 0. The normalized spacial score (nSPS) is 26.3. The second kappa shape index (κ2) is 4.99. The maximum Gasteiger partial charge on any atom is 0.309 e. The molecule has 5 heteroatoms. The Kier molecular flexibility index (Phi) is 3.55. The molecule has 1 aliphatic rings. The Bertz CT molecular complexity index is 514. The Hall–Kier alpha value is -1.91. The van der Waals surface area contributed by atoms with Crippen molar-refractivity contribution in [1.29, 1.82) is 0 Å². The van der Waals surface area contributed by atoms with E-state index in [-0.39, 0.29) is 12.1 Å². The number of hydrogen-bond donors (Lipinski definition) is 1. The number of carboxylic acid groups (broad SMARTS) is 1. The number of para-hydroxylation sites is 1. The number of benzene rings is 1. The van der Waals surface area contributed by atoms with E-state index in [1.165, 1.54) is 6.07 Å². The minimum atomic E-state index is -0.842. The van der Waals surface area contributed by atoms with Gasteiger partial charge in [0.25, 0.3) is 5.69 Å². The molecule has 0 bridgehead atoms. The molecule has 1 N–H and O–H groups in total. The molecule has 1 aromatic rings. The number of nitro benzene ring substituents is 1. The number of carbonyl (C=O) groups is 1. The Morgan fingerprint density at radius 3 is 2.74 bits per heavy atom. The van der Waals surface area contributed by atoms with Gasteiger partial charge < -0.3 is 5.11 Å². The van der Waals surface area contributed by atoms with Crippen LogP contribution in [-0.4, -0.2) is 16.0 Å². The van der Waals surface area contributed by atoms with E-state index in [9.17, 15) is 20.0 Å². The maximum atomic E-state index is 11.6. The van der Waals surface area contributed by atoms with Crippen molar-refractivity contribution in [2.45, 2.75) is 32.6 Å². The number of aliphatic carboxylic acids is 1. The molecule has 1 aromatic carbocycles. The third-order valence-electron chi connectivity index (χ3n) is 4.03. The lowest BCUT2D eigenvalue weighted by Gasteiger charge is -2.24. The van der Waals surface area contributed by atoms with Crippen LogP contribution >= 0.6 is 0 Å². The first-order valence-electron chi connectivity index (χ1n) is 6.40. The molecular weight excluding hydrogens is 246 g/mol. The molecule has 0 heterocycles. The highest BCUT2D eigenvalue weighted by molar-refractivity contribution is 5.75. The van der Waals surface area contributed by atoms with Crippen LogP contribution in [0.2, 0.25) is 0 Å². The van der Waals surface area contributed by atoms with Crippen LogP contribution in [0.15, 0.2) is 24.3 Å². The molecule has 1 aliphatic carbocycles. The molecule has 19 heavy (non-hydrogen) atoms. The molecule has 0 radical (unpaired) electrons. The summed E-state index contributed by atoms with van der Waals surface area (Å²) in [6.45, 7) is 2.03. The first-order valence-corrected chi connectivity index (χ1v) is 6.40. The highest BCUT2D eigenvalue weighted by Gasteiger charge is 2.45. The number of carboxylic acids is 1. The van der Waals surface area contributed by atoms with Crippen LogP contribution < -0.4 is 0 Å². The zero-order chi connectivity index (χ0) is 14.0. The van der Waals surface area contributed by atoms with Crippen molar-refractivity contribution in [3.63, 3.8) is 0 Å². The molecule has 2 unspecified atom stereocenters. The van der Waals surface area contributed by atoms with Gasteiger partial charge in [-0.25, -0.2) is 0 Å². The van der Waals surface area contributed by atoms with Gasteiger partial charge in [0.15, 0.2) is 0 Å². The van der Waals surface area contributed by atoms with E-state index in [2.05, 4.69) is 0 Å². The molecule has 5 nitrogen and oxygen atoms in total. The van der Waals surface area contributed by atoms with Crippen molar-refractivity contribution < 1.29 is 14.8 Å². The average molecular weight is 263 g/mol. The van der Waals surface area contributed by atoms with Gasteiger partial charge in [0.1, 0.15) is 0 Å². The fourth-order valence-electron chi connectivity index (χ4n) is 3.03. The molecule has 0 spiro atoms. The average Bonchev–Trinajstić information content (AvgIpc) is 2.72. The minimum Gasteiger partial charge on any atom is -0.481 e. The third-order valence-corrected chi connectivity index (χ3v) is 4.03. The van der Waals surface area contributed by atoms with Crippen molar-refractivity contribution in [2.75, 3.05) is 0 Å². The van der Waals surface area contributed by atoms with E-state index in [0.29, 0.717) is 24.3 Å². The summed E-state index contributed by atoms with van der Waals surface area (Å²) in [5.41, 5.74) is -0.308. The summed E-state index contributed by atoms with van der Waals surface area (Å²) in [7, 11) is 0. The smallest absolute Gasteiger partial charge is 0.309 e. The predicted molar refractivity (Wildman–Crippen MR) is 69.9 cm³/mol. The summed E-state index contributed by atoms with van der Waals surface area (Å²) in [6.07, 6.45) is 2.29. The van der Waals surface area contributed by atoms with Gasteiger partial charge >= 0.3 is 5.97 Å². The lowest BCUT2D eigenvalue weighted by molar-refractivity contribution is -0.385. The molecule has 0 aliphatic heterocycles. The SMILES string of the molecule is CC1CCC(Cc2ccccc2[N+](=O)[O-])(C(=O)O)C1. The first-order chi connectivity index (χ1) is 8.94. The summed E-state index contributed by atoms with van der Waals surface area (Å²) in [4.78, 5) is 22.1. The molecule has 0 saturated heterocycles. The zero-order valence-corrected chi connectivity index (χ0v) is 10.8. The fourth-order valence-corrected chi connectivity index (χ4v) is 3.03. The topological polar surface area (TPSA) is 80.4 Å². The summed E-state index contributed by atoms with van der Waals surface area (Å²) >= 11 is 0. The van der Waals surface area contributed by atoms with Crippen molar-refractivity contribution in [2.24, 2.45) is 11.3 Å². The van der Waals surface area contributed by atoms with Gasteiger partial charge in [0.05, 0.1) is 10.3 Å². The highest BCUT2D eigenvalue weighted by atomic mass is 16.6. The fraction of sp³-hybridized carbons (Fsp3) is 0.500. The summed E-state index contributed by atoms with van der Waals surface area (Å²) in [5.74, 6) is -0.478.